The van der Waals surface area contributed by atoms with E-state index in [0.717, 1.165) is 25.3 Å². The lowest BCUT2D eigenvalue weighted by molar-refractivity contribution is -0.124. The molecule has 0 radical (unpaired) electrons. The van der Waals surface area contributed by atoms with Gasteiger partial charge in [-0.1, -0.05) is 32.6 Å². The molecule has 1 heterocycles. The third kappa shape index (κ3) is 3.71. The molecule has 0 aromatic carbocycles. The van der Waals surface area contributed by atoms with Crippen molar-refractivity contribution in [3.8, 4) is 0 Å². The van der Waals surface area contributed by atoms with E-state index in [2.05, 4.69) is 17.6 Å². The number of nitrogens with one attached hydrogen (secondary N) is 2. The summed E-state index contributed by atoms with van der Waals surface area (Å²) in [4.78, 5) is 12.1. The molecular formula is C15H28N2O. The lowest BCUT2D eigenvalue weighted by atomic mass is 9.77. The zero-order chi connectivity index (χ0) is 12.8. The highest BCUT2D eigenvalue weighted by molar-refractivity contribution is 5.81. The first-order valence-electron chi connectivity index (χ1n) is 7.85. The lowest BCUT2D eigenvalue weighted by Gasteiger charge is -2.39. The van der Waals surface area contributed by atoms with Crippen LogP contribution in [-0.4, -0.2) is 24.5 Å². The summed E-state index contributed by atoms with van der Waals surface area (Å²) in [7, 11) is 0. The number of carbonyl (C=O) groups excluding carboxylic acids is 1. The van der Waals surface area contributed by atoms with Gasteiger partial charge in [-0.3, -0.25) is 4.79 Å². The minimum absolute atomic E-state index is 0.0750. The molecule has 18 heavy (non-hydrogen) atoms. The average molecular weight is 252 g/mol. The van der Waals surface area contributed by atoms with Gasteiger partial charge in [-0.05, 0) is 38.0 Å². The van der Waals surface area contributed by atoms with Crippen LogP contribution in [0.3, 0.4) is 0 Å². The Morgan fingerprint density at radius 2 is 2.00 bits per heavy atom. The second-order valence-electron chi connectivity index (χ2n) is 5.95. The van der Waals surface area contributed by atoms with Crippen LogP contribution in [0.15, 0.2) is 0 Å². The standard InChI is InChI=1S/C15H28N2O/c1-2-3-6-11-16-15(18)14-10-9-12-7-4-5-8-13(12)17-14/h12-14,17H,2-11H2,1H3,(H,16,18). The van der Waals surface area contributed by atoms with Crippen molar-refractivity contribution in [2.45, 2.75) is 76.8 Å². The first kappa shape index (κ1) is 13.9. The molecule has 2 N–H and O–H groups in total. The van der Waals surface area contributed by atoms with Crippen LogP contribution < -0.4 is 10.6 Å². The van der Waals surface area contributed by atoms with Crippen molar-refractivity contribution in [1.29, 1.82) is 0 Å². The van der Waals surface area contributed by atoms with Crippen molar-refractivity contribution in [2.75, 3.05) is 6.54 Å². The van der Waals surface area contributed by atoms with Crippen molar-refractivity contribution in [1.82, 2.24) is 10.6 Å². The Morgan fingerprint density at radius 1 is 1.17 bits per heavy atom. The number of piperidine rings is 1. The molecule has 2 rings (SSSR count). The Kier molecular flexibility index (Phi) is 5.48. The number of carbonyl (C=O) groups is 1. The number of amides is 1. The van der Waals surface area contributed by atoms with E-state index in [9.17, 15) is 4.79 Å². The van der Waals surface area contributed by atoms with Gasteiger partial charge in [-0.2, -0.15) is 0 Å². The van der Waals surface area contributed by atoms with Crippen molar-refractivity contribution < 1.29 is 4.79 Å². The number of hydrogen-bond acceptors (Lipinski definition) is 2. The number of unbranched alkanes of at least 4 members (excludes halogenated alkanes) is 2. The van der Waals surface area contributed by atoms with Gasteiger partial charge in [0.15, 0.2) is 0 Å². The quantitative estimate of drug-likeness (QED) is 0.738. The third-order valence-electron chi connectivity index (χ3n) is 4.55. The summed E-state index contributed by atoms with van der Waals surface area (Å²) < 4.78 is 0. The van der Waals surface area contributed by atoms with Gasteiger partial charge in [-0.25, -0.2) is 0 Å². The summed E-state index contributed by atoms with van der Waals surface area (Å²) in [6, 6.07) is 0.685. The first-order chi connectivity index (χ1) is 8.81. The summed E-state index contributed by atoms with van der Waals surface area (Å²) in [5, 5.41) is 6.67. The molecule has 1 amide bonds. The monoisotopic (exact) mass is 252 g/mol. The largest absolute Gasteiger partial charge is 0.355 e. The van der Waals surface area contributed by atoms with Gasteiger partial charge >= 0.3 is 0 Å². The van der Waals surface area contributed by atoms with Crippen LogP contribution in [0.25, 0.3) is 0 Å². The molecule has 3 nitrogen and oxygen atoms in total. The molecule has 1 aliphatic heterocycles. The van der Waals surface area contributed by atoms with E-state index in [4.69, 9.17) is 0 Å². The van der Waals surface area contributed by atoms with Crippen LogP contribution in [0.2, 0.25) is 0 Å². The summed E-state index contributed by atoms with van der Waals surface area (Å²) in [6.07, 6.45) is 11.2. The van der Waals surface area contributed by atoms with Crippen molar-refractivity contribution in [3.05, 3.63) is 0 Å². The van der Waals surface area contributed by atoms with E-state index in [-0.39, 0.29) is 11.9 Å². The van der Waals surface area contributed by atoms with Gasteiger partial charge in [0.1, 0.15) is 0 Å². The fourth-order valence-electron chi connectivity index (χ4n) is 3.41. The molecule has 1 saturated carbocycles. The number of hydrogen-bond donors (Lipinski definition) is 2. The van der Waals surface area contributed by atoms with Crippen LogP contribution in [0.5, 0.6) is 0 Å². The molecule has 104 valence electrons. The van der Waals surface area contributed by atoms with Gasteiger partial charge in [0.05, 0.1) is 6.04 Å². The average Bonchev–Trinajstić information content (AvgIpc) is 2.43. The predicted molar refractivity (Wildman–Crippen MR) is 74.4 cm³/mol. The second kappa shape index (κ2) is 7.13. The minimum atomic E-state index is 0.0750. The summed E-state index contributed by atoms with van der Waals surface area (Å²) in [6.45, 7) is 3.03. The highest BCUT2D eigenvalue weighted by atomic mass is 16.2. The normalized spacial score (nSPS) is 31.7. The van der Waals surface area contributed by atoms with Crippen LogP contribution in [0, 0.1) is 5.92 Å². The molecule has 1 aliphatic carbocycles. The number of fused-ring (bicyclic) bond motifs is 1. The number of rotatable bonds is 5. The smallest absolute Gasteiger partial charge is 0.237 e. The van der Waals surface area contributed by atoms with Gasteiger partial charge in [0, 0.05) is 12.6 Å². The Labute approximate surface area is 111 Å². The van der Waals surface area contributed by atoms with Gasteiger partial charge in [0.25, 0.3) is 0 Å². The van der Waals surface area contributed by atoms with Gasteiger partial charge in [-0.15, -0.1) is 0 Å². The highest BCUT2D eigenvalue weighted by Crippen LogP contribution is 2.32. The van der Waals surface area contributed by atoms with Crippen molar-refractivity contribution in [3.63, 3.8) is 0 Å². The molecule has 2 fully saturated rings. The fraction of sp³-hybridized carbons (Fsp3) is 0.933. The van der Waals surface area contributed by atoms with E-state index in [0.29, 0.717) is 6.04 Å². The third-order valence-corrected chi connectivity index (χ3v) is 4.55. The fourth-order valence-corrected chi connectivity index (χ4v) is 3.41. The summed E-state index contributed by atoms with van der Waals surface area (Å²) >= 11 is 0. The van der Waals surface area contributed by atoms with Gasteiger partial charge in [0.2, 0.25) is 5.91 Å². The van der Waals surface area contributed by atoms with E-state index in [1.807, 2.05) is 0 Å². The maximum Gasteiger partial charge on any atom is 0.237 e. The van der Waals surface area contributed by atoms with Gasteiger partial charge < -0.3 is 10.6 Å². The lowest BCUT2D eigenvalue weighted by Crippen LogP contribution is -2.55. The molecule has 0 aromatic heterocycles. The molecule has 1 saturated heterocycles. The highest BCUT2D eigenvalue weighted by Gasteiger charge is 2.34. The Hall–Kier alpha value is -0.570. The molecule has 2 aliphatic rings. The van der Waals surface area contributed by atoms with Crippen molar-refractivity contribution >= 4 is 5.91 Å². The van der Waals surface area contributed by atoms with E-state index in [1.54, 1.807) is 0 Å². The Morgan fingerprint density at radius 3 is 2.83 bits per heavy atom. The van der Waals surface area contributed by atoms with Crippen LogP contribution in [0.1, 0.15) is 64.7 Å². The maximum atomic E-state index is 12.1. The van der Waals surface area contributed by atoms with Crippen molar-refractivity contribution in [2.24, 2.45) is 5.92 Å². The molecule has 0 aromatic rings. The SMILES string of the molecule is CCCCCNC(=O)C1CCC2CCCCC2N1. The van der Waals surface area contributed by atoms with E-state index < -0.39 is 0 Å². The summed E-state index contributed by atoms with van der Waals surface area (Å²) in [5.74, 6) is 1.07. The summed E-state index contributed by atoms with van der Waals surface area (Å²) in [5.41, 5.74) is 0. The second-order valence-corrected chi connectivity index (χ2v) is 5.95. The van der Waals surface area contributed by atoms with Crippen LogP contribution in [-0.2, 0) is 4.79 Å². The topological polar surface area (TPSA) is 41.1 Å². The predicted octanol–water partition coefficient (Wildman–Crippen LogP) is 2.60. The molecule has 0 spiro atoms. The minimum Gasteiger partial charge on any atom is -0.355 e. The van der Waals surface area contributed by atoms with E-state index >= 15 is 0 Å². The zero-order valence-electron chi connectivity index (χ0n) is 11.7. The molecule has 3 atom stereocenters. The molecule has 3 unspecified atom stereocenters. The van der Waals surface area contributed by atoms with Crippen LogP contribution in [0.4, 0.5) is 0 Å². The Bertz CT molecular complexity index is 267. The molecular weight excluding hydrogens is 224 g/mol. The van der Waals surface area contributed by atoms with Crippen LogP contribution >= 0.6 is 0 Å². The maximum absolute atomic E-state index is 12.1. The van der Waals surface area contributed by atoms with E-state index in [1.165, 1.54) is 44.9 Å². The first-order valence-corrected chi connectivity index (χ1v) is 7.85. The zero-order valence-corrected chi connectivity index (χ0v) is 11.7. The molecule has 0 bridgehead atoms. The molecule has 3 heteroatoms. The Balaban J connectivity index is 1.71.